The summed E-state index contributed by atoms with van der Waals surface area (Å²) in [5, 5.41) is 36.3. The number of carbonyl (C=O) groups is 2. The van der Waals surface area contributed by atoms with Gasteiger partial charge in [0, 0.05) is 11.7 Å². The zero-order chi connectivity index (χ0) is 13.1. The maximum Gasteiger partial charge on any atom is 0.340 e. The zero-order valence-corrected chi connectivity index (χ0v) is 8.50. The molecule has 0 bridgehead atoms. The van der Waals surface area contributed by atoms with Gasteiger partial charge in [-0.15, -0.1) is 0 Å². The van der Waals surface area contributed by atoms with Crippen LogP contribution in [-0.2, 0) is 9.59 Å². The standard InChI is InChI=1S/2C4H5NO3/c2*1-3(2-5-8)4(6)7/h2*8H,1H3,(H,6,7). The van der Waals surface area contributed by atoms with Crippen LogP contribution >= 0.6 is 0 Å². The minimum Gasteiger partial charge on any atom is -0.477 e. The molecule has 0 spiro atoms. The van der Waals surface area contributed by atoms with Crippen molar-refractivity contribution in [1.82, 2.24) is 0 Å². The Bertz CT molecular complexity index is 347. The Kier molecular flexibility index (Phi) is 8.95. The van der Waals surface area contributed by atoms with Gasteiger partial charge in [-0.1, -0.05) is 0 Å². The lowest BCUT2D eigenvalue weighted by Gasteiger charge is -1.79. The van der Waals surface area contributed by atoms with Gasteiger partial charge in [-0.25, -0.2) is 9.59 Å². The topological polar surface area (TPSA) is 140 Å². The molecule has 8 nitrogen and oxygen atoms in total. The van der Waals surface area contributed by atoms with Gasteiger partial charge in [0.05, 0.1) is 11.1 Å². The van der Waals surface area contributed by atoms with Gasteiger partial charge in [0.2, 0.25) is 0 Å². The lowest BCUT2D eigenvalue weighted by molar-refractivity contribution is -0.133. The molecule has 0 aromatic heterocycles. The fourth-order valence-corrected chi connectivity index (χ4v) is 0.246. The van der Waals surface area contributed by atoms with Crippen molar-refractivity contribution in [2.75, 3.05) is 0 Å². The summed E-state index contributed by atoms with van der Waals surface area (Å²) in [6.07, 6.45) is 0. The van der Waals surface area contributed by atoms with Crippen LogP contribution < -0.4 is 0 Å². The Hall–Kier alpha value is -2.56. The number of carboxylic acid groups (broad SMARTS) is 2. The van der Waals surface area contributed by atoms with Crippen molar-refractivity contribution in [3.8, 4) is 0 Å². The molecule has 0 atom stereocenters. The van der Waals surface area contributed by atoms with Crippen LogP contribution in [0.25, 0.3) is 0 Å². The van der Waals surface area contributed by atoms with E-state index < -0.39 is 11.9 Å². The number of hydrogen-bond acceptors (Lipinski definition) is 6. The second-order valence-electron chi connectivity index (χ2n) is 2.28. The molecule has 0 rings (SSSR count). The first-order valence-electron chi connectivity index (χ1n) is 3.70. The molecule has 0 heterocycles. The summed E-state index contributed by atoms with van der Waals surface area (Å²) in [6.45, 7) is 2.56. The molecule has 8 heteroatoms. The van der Waals surface area contributed by atoms with Gasteiger partial charge >= 0.3 is 11.9 Å². The molecule has 0 aromatic carbocycles. The highest BCUT2D eigenvalue weighted by atomic mass is 16.4. The largest absolute Gasteiger partial charge is 0.477 e. The van der Waals surface area contributed by atoms with Crippen LogP contribution in [0.2, 0.25) is 0 Å². The molecule has 0 aliphatic heterocycles. The SMILES string of the molecule is CC(=C=NO)C(=O)O.CC(=C=NO)C(=O)O. The Morgan fingerprint density at radius 2 is 1.12 bits per heavy atom. The van der Waals surface area contributed by atoms with Gasteiger partial charge in [0.15, 0.2) is 0 Å². The monoisotopic (exact) mass is 230 g/mol. The number of aliphatic carboxylic acids is 2. The van der Waals surface area contributed by atoms with E-state index >= 15 is 0 Å². The fraction of sp³-hybridized carbons (Fsp3) is 0.250. The van der Waals surface area contributed by atoms with E-state index in [0.29, 0.717) is 0 Å². The third-order valence-electron chi connectivity index (χ3n) is 1.08. The Balaban J connectivity index is 0. The average Bonchev–Trinajstić information content (AvgIpc) is 2.19. The molecule has 88 valence electrons. The van der Waals surface area contributed by atoms with Crippen molar-refractivity contribution in [2.45, 2.75) is 13.8 Å². The van der Waals surface area contributed by atoms with Crippen molar-refractivity contribution < 1.29 is 30.2 Å². The molecular formula is C8H10N2O6. The molecule has 0 aliphatic rings. The van der Waals surface area contributed by atoms with E-state index in [2.05, 4.69) is 10.3 Å². The number of nitrogens with zero attached hydrogens (tertiary/aromatic N) is 2. The van der Waals surface area contributed by atoms with E-state index in [9.17, 15) is 9.59 Å². The highest BCUT2D eigenvalue weighted by Gasteiger charge is 1.96. The Morgan fingerprint density at radius 3 is 1.19 bits per heavy atom. The third kappa shape index (κ3) is 9.53. The van der Waals surface area contributed by atoms with Crippen molar-refractivity contribution in [3.63, 3.8) is 0 Å². The maximum atomic E-state index is 9.82. The number of rotatable bonds is 2. The normalized spacial score (nSPS) is 7.12. The highest BCUT2D eigenvalue weighted by molar-refractivity contribution is 5.95. The summed E-state index contributed by atoms with van der Waals surface area (Å²) in [6, 6.07) is 0. The smallest absolute Gasteiger partial charge is 0.340 e. The van der Waals surface area contributed by atoms with Crippen LogP contribution in [0.5, 0.6) is 0 Å². The first-order valence-corrected chi connectivity index (χ1v) is 3.70. The summed E-state index contributed by atoms with van der Waals surface area (Å²) in [7, 11) is 0. The molecule has 0 radical (unpaired) electrons. The van der Waals surface area contributed by atoms with Gasteiger partial charge in [-0.05, 0) is 24.2 Å². The van der Waals surface area contributed by atoms with Crippen molar-refractivity contribution in [1.29, 1.82) is 0 Å². The van der Waals surface area contributed by atoms with Crippen LogP contribution in [0.1, 0.15) is 13.8 Å². The van der Waals surface area contributed by atoms with E-state index in [1.54, 1.807) is 0 Å². The highest BCUT2D eigenvalue weighted by Crippen LogP contribution is 1.81. The maximum absolute atomic E-state index is 9.82. The lowest BCUT2D eigenvalue weighted by Crippen LogP contribution is -1.95. The van der Waals surface area contributed by atoms with Crippen molar-refractivity contribution in [2.24, 2.45) is 10.3 Å². The predicted octanol–water partition coefficient (Wildman–Crippen LogP) is 0.152. The Labute approximate surface area is 90.1 Å². The fourth-order valence-electron chi connectivity index (χ4n) is 0.246. The van der Waals surface area contributed by atoms with E-state index in [1.807, 2.05) is 11.7 Å². The van der Waals surface area contributed by atoms with Crippen molar-refractivity contribution in [3.05, 3.63) is 11.1 Å². The quantitative estimate of drug-likeness (QED) is 0.230. The summed E-state index contributed by atoms with van der Waals surface area (Å²) in [5.41, 5.74) is -0.236. The summed E-state index contributed by atoms with van der Waals surface area (Å²) >= 11 is 0. The lowest BCUT2D eigenvalue weighted by atomic mass is 10.4. The van der Waals surface area contributed by atoms with Crippen LogP contribution in [0.4, 0.5) is 0 Å². The van der Waals surface area contributed by atoms with Gasteiger partial charge in [0.25, 0.3) is 0 Å². The summed E-state index contributed by atoms with van der Waals surface area (Å²) in [4.78, 5) is 19.6. The molecule has 0 unspecified atom stereocenters. The summed E-state index contributed by atoms with van der Waals surface area (Å²) in [5.74, 6) is 1.41. The zero-order valence-electron chi connectivity index (χ0n) is 8.50. The van der Waals surface area contributed by atoms with E-state index in [4.69, 9.17) is 20.6 Å². The van der Waals surface area contributed by atoms with Gasteiger partial charge in [-0.3, -0.25) is 0 Å². The molecule has 4 N–H and O–H groups in total. The minimum absolute atomic E-state index is 0.118. The molecule has 0 aliphatic carbocycles. The first-order chi connectivity index (χ1) is 7.36. The Morgan fingerprint density at radius 1 is 0.875 bits per heavy atom. The van der Waals surface area contributed by atoms with Crippen LogP contribution in [0.3, 0.4) is 0 Å². The average molecular weight is 230 g/mol. The summed E-state index contributed by atoms with van der Waals surface area (Å²) < 4.78 is 0. The third-order valence-corrected chi connectivity index (χ3v) is 1.08. The van der Waals surface area contributed by atoms with Gasteiger partial charge in [0.1, 0.15) is 0 Å². The molecule has 0 amide bonds. The van der Waals surface area contributed by atoms with Crippen molar-refractivity contribution >= 4 is 23.7 Å². The molecule has 0 saturated carbocycles. The van der Waals surface area contributed by atoms with E-state index in [0.717, 1.165) is 0 Å². The predicted molar refractivity (Wildman–Crippen MR) is 52.1 cm³/mol. The molecule has 0 fully saturated rings. The van der Waals surface area contributed by atoms with Crippen LogP contribution in [0, 0.1) is 0 Å². The van der Waals surface area contributed by atoms with Gasteiger partial charge in [-0.2, -0.15) is 0 Å². The van der Waals surface area contributed by atoms with Gasteiger partial charge < -0.3 is 20.6 Å². The first kappa shape index (κ1) is 15.9. The second-order valence-corrected chi connectivity index (χ2v) is 2.28. The van der Waals surface area contributed by atoms with E-state index in [1.165, 1.54) is 13.8 Å². The number of hydrogen-bond donors (Lipinski definition) is 4. The van der Waals surface area contributed by atoms with Crippen LogP contribution in [-0.4, -0.2) is 44.3 Å². The molecular weight excluding hydrogens is 220 g/mol. The van der Waals surface area contributed by atoms with Crippen LogP contribution in [0.15, 0.2) is 21.5 Å². The number of carboxylic acids is 2. The second kappa shape index (κ2) is 9.01. The molecule has 0 saturated heterocycles. The minimum atomic E-state index is -1.14. The molecule has 0 aromatic rings. The van der Waals surface area contributed by atoms with E-state index in [-0.39, 0.29) is 11.1 Å². The molecule has 16 heavy (non-hydrogen) atoms.